The number of carbonyl (C=O) groups is 1. The number of aromatic nitrogens is 1. The number of likely N-dealkylation sites (tertiary alicyclic amines) is 1. The summed E-state index contributed by atoms with van der Waals surface area (Å²) in [6, 6.07) is 5.75. The zero-order valence-corrected chi connectivity index (χ0v) is 16.2. The van der Waals surface area contributed by atoms with E-state index in [1.54, 1.807) is 6.20 Å². The van der Waals surface area contributed by atoms with Crippen LogP contribution in [0.3, 0.4) is 0 Å². The molecule has 8 heteroatoms. The van der Waals surface area contributed by atoms with Gasteiger partial charge in [-0.1, -0.05) is 0 Å². The molecule has 2 aromatic rings. The van der Waals surface area contributed by atoms with Gasteiger partial charge >= 0.3 is 0 Å². The Hall–Kier alpha value is -1.83. The predicted molar refractivity (Wildman–Crippen MR) is 103 cm³/mol. The van der Waals surface area contributed by atoms with Crippen molar-refractivity contribution in [2.75, 3.05) is 33.5 Å². The molecule has 0 saturated carbocycles. The summed E-state index contributed by atoms with van der Waals surface area (Å²) in [4.78, 5) is 19.9. The number of fused-ring (bicyclic) bond motifs is 1. The first-order valence-corrected chi connectivity index (χ1v) is 9.36. The molecule has 1 amide bonds. The van der Waals surface area contributed by atoms with Crippen LogP contribution in [0.4, 0.5) is 0 Å². The number of nitrogens with one attached hydrogen (secondary N) is 1. The molecule has 1 N–H and O–H groups in total. The molecular weight excluding hydrogens is 374 g/mol. The standard InChI is InChI=1S/C18H21N3O3S.ClH/c1-19-8-12-3-2-6-21(10-12)18(22)16-9-20-17(25-16)13-4-5-14-15(7-13)24-11-23-14;/h4-5,7,9,12,19H,2-3,6,8,10-11H2,1H3;1H. The lowest BCUT2D eigenvalue weighted by molar-refractivity contribution is 0.0679. The summed E-state index contributed by atoms with van der Waals surface area (Å²) < 4.78 is 10.8. The molecular formula is C18H22ClN3O3S. The van der Waals surface area contributed by atoms with Gasteiger partial charge in [0.15, 0.2) is 11.5 Å². The summed E-state index contributed by atoms with van der Waals surface area (Å²) in [7, 11) is 1.96. The number of piperidine rings is 1. The molecule has 0 spiro atoms. The molecule has 1 atom stereocenters. The molecule has 1 unspecified atom stereocenters. The highest BCUT2D eigenvalue weighted by molar-refractivity contribution is 7.16. The number of carbonyl (C=O) groups excluding carboxylic acids is 1. The zero-order valence-electron chi connectivity index (χ0n) is 14.6. The number of ether oxygens (including phenoxy) is 2. The maximum absolute atomic E-state index is 12.8. The lowest BCUT2D eigenvalue weighted by atomic mass is 9.98. The topological polar surface area (TPSA) is 63.7 Å². The summed E-state index contributed by atoms with van der Waals surface area (Å²) in [5, 5.41) is 4.04. The summed E-state index contributed by atoms with van der Waals surface area (Å²) in [6.07, 6.45) is 3.93. The highest BCUT2D eigenvalue weighted by Crippen LogP contribution is 2.37. The third-order valence-electron chi connectivity index (χ3n) is 4.63. The van der Waals surface area contributed by atoms with Crippen molar-refractivity contribution in [2.24, 2.45) is 5.92 Å². The molecule has 0 aliphatic carbocycles. The van der Waals surface area contributed by atoms with E-state index in [9.17, 15) is 4.79 Å². The monoisotopic (exact) mass is 395 g/mol. The van der Waals surface area contributed by atoms with Gasteiger partial charge in [-0.25, -0.2) is 4.98 Å². The number of benzene rings is 1. The van der Waals surface area contributed by atoms with Crippen LogP contribution in [0.25, 0.3) is 10.6 Å². The number of halogens is 1. The number of hydrogen-bond acceptors (Lipinski definition) is 6. The lowest BCUT2D eigenvalue weighted by Gasteiger charge is -2.32. The number of nitrogens with zero attached hydrogens (tertiary/aromatic N) is 2. The molecule has 1 saturated heterocycles. The van der Waals surface area contributed by atoms with Crippen LogP contribution in [0.2, 0.25) is 0 Å². The molecule has 2 aliphatic rings. The molecule has 0 radical (unpaired) electrons. The van der Waals surface area contributed by atoms with Crippen molar-refractivity contribution in [1.82, 2.24) is 15.2 Å². The molecule has 140 valence electrons. The second kappa shape index (κ2) is 8.24. The van der Waals surface area contributed by atoms with Gasteiger partial charge in [0.1, 0.15) is 9.88 Å². The van der Waals surface area contributed by atoms with E-state index in [-0.39, 0.29) is 25.1 Å². The Balaban J connectivity index is 0.00000196. The average Bonchev–Trinajstić information content (AvgIpc) is 3.30. The molecule has 6 nitrogen and oxygen atoms in total. The van der Waals surface area contributed by atoms with Gasteiger partial charge in [-0.05, 0) is 50.6 Å². The molecule has 1 fully saturated rings. The molecule has 2 aliphatic heterocycles. The Bertz CT molecular complexity index is 781. The third-order valence-corrected chi connectivity index (χ3v) is 5.67. The molecule has 0 bridgehead atoms. The zero-order chi connectivity index (χ0) is 17.2. The first-order valence-electron chi connectivity index (χ1n) is 8.54. The van der Waals surface area contributed by atoms with Crippen LogP contribution >= 0.6 is 23.7 Å². The van der Waals surface area contributed by atoms with E-state index in [0.29, 0.717) is 10.8 Å². The van der Waals surface area contributed by atoms with Gasteiger partial charge in [-0.15, -0.1) is 23.7 Å². The summed E-state index contributed by atoms with van der Waals surface area (Å²) in [6.45, 7) is 2.85. The van der Waals surface area contributed by atoms with Crippen molar-refractivity contribution in [2.45, 2.75) is 12.8 Å². The number of thiazole rings is 1. The summed E-state index contributed by atoms with van der Waals surface area (Å²) in [5.41, 5.74) is 0.944. The van der Waals surface area contributed by atoms with Gasteiger partial charge in [-0.3, -0.25) is 4.79 Å². The Kier molecular flexibility index (Phi) is 6.01. The van der Waals surface area contributed by atoms with Crippen LogP contribution in [0, 0.1) is 5.92 Å². The second-order valence-corrected chi connectivity index (χ2v) is 7.45. The van der Waals surface area contributed by atoms with E-state index in [2.05, 4.69) is 10.3 Å². The minimum Gasteiger partial charge on any atom is -0.454 e. The van der Waals surface area contributed by atoms with E-state index < -0.39 is 0 Å². The first kappa shape index (κ1) is 18.9. The van der Waals surface area contributed by atoms with Crippen LogP contribution in [-0.2, 0) is 0 Å². The third kappa shape index (κ3) is 3.79. The Labute approximate surface area is 162 Å². The number of hydrogen-bond donors (Lipinski definition) is 1. The van der Waals surface area contributed by atoms with Crippen LogP contribution in [0.1, 0.15) is 22.5 Å². The normalized spacial score (nSPS) is 18.5. The lowest BCUT2D eigenvalue weighted by Crippen LogP contribution is -2.42. The van der Waals surface area contributed by atoms with Crippen LogP contribution in [0.15, 0.2) is 24.4 Å². The largest absolute Gasteiger partial charge is 0.454 e. The Morgan fingerprint density at radius 2 is 2.23 bits per heavy atom. The van der Waals surface area contributed by atoms with Crippen molar-refractivity contribution in [3.05, 3.63) is 29.3 Å². The van der Waals surface area contributed by atoms with E-state index in [4.69, 9.17) is 9.47 Å². The fourth-order valence-corrected chi connectivity index (χ4v) is 4.28. The van der Waals surface area contributed by atoms with Gasteiger partial charge in [0.25, 0.3) is 5.91 Å². The quantitative estimate of drug-likeness (QED) is 0.862. The minimum atomic E-state index is 0. The van der Waals surface area contributed by atoms with E-state index in [0.717, 1.165) is 48.1 Å². The molecule has 1 aromatic carbocycles. The SMILES string of the molecule is CNCC1CCCN(C(=O)c2cnc(-c3ccc4c(c3)OCO4)s2)C1.Cl. The smallest absolute Gasteiger partial charge is 0.265 e. The van der Waals surface area contributed by atoms with Crippen molar-refractivity contribution < 1.29 is 14.3 Å². The Morgan fingerprint density at radius 3 is 3.08 bits per heavy atom. The predicted octanol–water partition coefficient (Wildman–Crippen LogP) is 3.03. The molecule has 26 heavy (non-hydrogen) atoms. The summed E-state index contributed by atoms with van der Waals surface area (Å²) >= 11 is 1.43. The van der Waals surface area contributed by atoms with Crippen LogP contribution < -0.4 is 14.8 Å². The highest BCUT2D eigenvalue weighted by Gasteiger charge is 2.25. The van der Waals surface area contributed by atoms with Crippen LogP contribution in [0.5, 0.6) is 11.5 Å². The van der Waals surface area contributed by atoms with Gasteiger partial charge in [0.05, 0.1) is 6.20 Å². The average molecular weight is 396 g/mol. The van der Waals surface area contributed by atoms with Crippen molar-refractivity contribution in [3.63, 3.8) is 0 Å². The maximum atomic E-state index is 12.8. The van der Waals surface area contributed by atoms with Gasteiger partial charge in [0, 0.05) is 18.7 Å². The fourth-order valence-electron chi connectivity index (χ4n) is 3.40. The fraction of sp³-hybridized carbons (Fsp3) is 0.444. The maximum Gasteiger partial charge on any atom is 0.265 e. The van der Waals surface area contributed by atoms with Crippen molar-refractivity contribution in [1.29, 1.82) is 0 Å². The summed E-state index contributed by atoms with van der Waals surface area (Å²) in [5.74, 6) is 2.10. The number of amides is 1. The van der Waals surface area contributed by atoms with E-state index in [1.165, 1.54) is 17.8 Å². The van der Waals surface area contributed by atoms with E-state index in [1.807, 2.05) is 30.1 Å². The first-order chi connectivity index (χ1) is 12.2. The van der Waals surface area contributed by atoms with Gasteiger partial charge < -0.3 is 19.7 Å². The van der Waals surface area contributed by atoms with Gasteiger partial charge in [-0.2, -0.15) is 0 Å². The van der Waals surface area contributed by atoms with E-state index >= 15 is 0 Å². The highest BCUT2D eigenvalue weighted by atomic mass is 35.5. The van der Waals surface area contributed by atoms with Crippen molar-refractivity contribution >= 4 is 29.7 Å². The number of rotatable bonds is 4. The molecule has 3 heterocycles. The Morgan fingerprint density at radius 1 is 1.38 bits per heavy atom. The molecule has 1 aromatic heterocycles. The second-order valence-electron chi connectivity index (χ2n) is 6.41. The molecule has 4 rings (SSSR count). The van der Waals surface area contributed by atoms with Gasteiger partial charge in [0.2, 0.25) is 6.79 Å². The minimum absolute atomic E-state index is 0. The van der Waals surface area contributed by atoms with Crippen molar-refractivity contribution in [3.8, 4) is 22.1 Å². The van der Waals surface area contributed by atoms with Crippen LogP contribution in [-0.4, -0.2) is 49.3 Å².